The molecule has 2 rings (SSSR count). The summed E-state index contributed by atoms with van der Waals surface area (Å²) >= 11 is 1.68. The molecule has 0 aromatic carbocycles. The summed E-state index contributed by atoms with van der Waals surface area (Å²) in [5.74, 6) is 0. The van der Waals surface area contributed by atoms with Gasteiger partial charge in [-0.3, -0.25) is 9.97 Å². The molecule has 2 aromatic heterocycles. The molecule has 1 unspecified atom stereocenters. The molecule has 0 saturated carbocycles. The maximum Gasteiger partial charge on any atom is 0.0897 e. The van der Waals surface area contributed by atoms with Crippen LogP contribution >= 0.6 is 11.3 Å². The van der Waals surface area contributed by atoms with Gasteiger partial charge in [0.2, 0.25) is 0 Å². The Kier molecular flexibility index (Phi) is 3.81. The second kappa shape index (κ2) is 5.33. The van der Waals surface area contributed by atoms with E-state index in [4.69, 9.17) is 0 Å². The number of rotatable bonds is 4. The van der Waals surface area contributed by atoms with Crippen LogP contribution in [0.3, 0.4) is 0 Å². The highest BCUT2D eigenvalue weighted by Gasteiger charge is 2.10. The normalized spacial score (nSPS) is 12.6. The standard InChI is InChI=1S/C12H16N4S/c1-8-12(14-5-4-13-8)9(2)15-6-11-7-17-10(3)16-11/h4-5,7,9,15H,6H2,1-3H3. The molecule has 4 nitrogen and oxygen atoms in total. The summed E-state index contributed by atoms with van der Waals surface area (Å²) in [7, 11) is 0. The van der Waals surface area contributed by atoms with Gasteiger partial charge in [0.05, 0.1) is 22.1 Å². The van der Waals surface area contributed by atoms with Crippen LogP contribution < -0.4 is 5.32 Å². The summed E-state index contributed by atoms with van der Waals surface area (Å²) < 4.78 is 0. The number of nitrogens with zero attached hydrogens (tertiary/aromatic N) is 3. The predicted octanol–water partition coefficient (Wildman–Crippen LogP) is 2.40. The highest BCUT2D eigenvalue weighted by Crippen LogP contribution is 2.13. The Hall–Kier alpha value is -1.33. The van der Waals surface area contributed by atoms with Gasteiger partial charge in [0.15, 0.2) is 0 Å². The van der Waals surface area contributed by atoms with E-state index < -0.39 is 0 Å². The van der Waals surface area contributed by atoms with Gasteiger partial charge in [-0.05, 0) is 20.8 Å². The fourth-order valence-corrected chi connectivity index (χ4v) is 2.30. The molecule has 17 heavy (non-hydrogen) atoms. The van der Waals surface area contributed by atoms with Crippen molar-refractivity contribution >= 4 is 11.3 Å². The van der Waals surface area contributed by atoms with Crippen molar-refractivity contribution in [3.8, 4) is 0 Å². The summed E-state index contributed by atoms with van der Waals surface area (Å²) in [6.07, 6.45) is 3.45. The first-order chi connectivity index (χ1) is 8.16. The third-order valence-corrected chi connectivity index (χ3v) is 3.41. The lowest BCUT2D eigenvalue weighted by Crippen LogP contribution is -2.20. The Balaban J connectivity index is 1.98. The maximum absolute atomic E-state index is 4.42. The summed E-state index contributed by atoms with van der Waals surface area (Å²) in [4.78, 5) is 13.0. The molecule has 90 valence electrons. The van der Waals surface area contributed by atoms with Crippen LogP contribution in [0.5, 0.6) is 0 Å². The van der Waals surface area contributed by atoms with Crippen LogP contribution in [-0.4, -0.2) is 15.0 Å². The van der Waals surface area contributed by atoms with Crippen molar-refractivity contribution in [1.82, 2.24) is 20.3 Å². The Labute approximate surface area is 105 Å². The van der Waals surface area contributed by atoms with Crippen molar-refractivity contribution < 1.29 is 0 Å². The Morgan fingerprint density at radius 1 is 1.29 bits per heavy atom. The summed E-state index contributed by atoms with van der Waals surface area (Å²) in [6.45, 7) is 6.86. The summed E-state index contributed by atoms with van der Waals surface area (Å²) in [5, 5.41) is 6.59. The van der Waals surface area contributed by atoms with E-state index in [1.54, 1.807) is 23.7 Å². The average molecular weight is 248 g/mol. The fraction of sp³-hybridized carbons (Fsp3) is 0.417. The number of hydrogen-bond donors (Lipinski definition) is 1. The van der Waals surface area contributed by atoms with E-state index >= 15 is 0 Å². The van der Waals surface area contributed by atoms with E-state index in [9.17, 15) is 0 Å². The quantitative estimate of drug-likeness (QED) is 0.902. The molecular formula is C12H16N4S. The van der Waals surface area contributed by atoms with Gasteiger partial charge in [-0.15, -0.1) is 11.3 Å². The van der Waals surface area contributed by atoms with Crippen molar-refractivity contribution in [2.45, 2.75) is 33.4 Å². The predicted molar refractivity (Wildman–Crippen MR) is 68.9 cm³/mol. The lowest BCUT2D eigenvalue weighted by Gasteiger charge is -2.13. The highest BCUT2D eigenvalue weighted by atomic mass is 32.1. The first-order valence-electron chi connectivity index (χ1n) is 5.58. The topological polar surface area (TPSA) is 50.7 Å². The van der Waals surface area contributed by atoms with Gasteiger partial charge >= 0.3 is 0 Å². The number of hydrogen-bond acceptors (Lipinski definition) is 5. The van der Waals surface area contributed by atoms with E-state index in [-0.39, 0.29) is 6.04 Å². The van der Waals surface area contributed by atoms with Crippen LogP contribution in [0, 0.1) is 13.8 Å². The molecule has 2 aromatic rings. The van der Waals surface area contributed by atoms with Crippen LogP contribution in [0.2, 0.25) is 0 Å². The number of thiazole rings is 1. The zero-order valence-electron chi connectivity index (χ0n) is 10.3. The Morgan fingerprint density at radius 3 is 2.71 bits per heavy atom. The molecule has 1 N–H and O–H groups in total. The van der Waals surface area contributed by atoms with Crippen LogP contribution in [0.15, 0.2) is 17.8 Å². The molecule has 0 amide bonds. The lowest BCUT2D eigenvalue weighted by molar-refractivity contribution is 0.550. The van der Waals surface area contributed by atoms with E-state index in [1.165, 1.54) is 0 Å². The average Bonchev–Trinajstić information content (AvgIpc) is 2.73. The molecule has 0 spiro atoms. The van der Waals surface area contributed by atoms with E-state index in [2.05, 4.69) is 32.6 Å². The molecule has 0 saturated heterocycles. The van der Waals surface area contributed by atoms with Crippen LogP contribution in [0.4, 0.5) is 0 Å². The first kappa shape index (κ1) is 12.1. The van der Waals surface area contributed by atoms with Gasteiger partial charge in [-0.25, -0.2) is 4.98 Å². The van der Waals surface area contributed by atoms with Gasteiger partial charge in [0.1, 0.15) is 0 Å². The molecule has 5 heteroatoms. The minimum Gasteiger partial charge on any atom is -0.303 e. The number of aromatic nitrogens is 3. The third kappa shape index (κ3) is 3.08. The first-order valence-corrected chi connectivity index (χ1v) is 6.46. The van der Waals surface area contributed by atoms with Crippen molar-refractivity contribution in [1.29, 1.82) is 0 Å². The van der Waals surface area contributed by atoms with Crippen LogP contribution in [-0.2, 0) is 6.54 Å². The maximum atomic E-state index is 4.42. The molecule has 0 bridgehead atoms. The van der Waals surface area contributed by atoms with Gasteiger partial charge in [-0.1, -0.05) is 0 Å². The Morgan fingerprint density at radius 2 is 2.06 bits per heavy atom. The smallest absolute Gasteiger partial charge is 0.0897 e. The van der Waals surface area contributed by atoms with Crippen molar-refractivity contribution in [2.24, 2.45) is 0 Å². The molecule has 0 aliphatic heterocycles. The van der Waals surface area contributed by atoms with Gasteiger partial charge in [0.25, 0.3) is 0 Å². The van der Waals surface area contributed by atoms with Crippen molar-refractivity contribution in [2.75, 3.05) is 0 Å². The van der Waals surface area contributed by atoms with E-state index in [0.717, 1.165) is 28.6 Å². The highest BCUT2D eigenvalue weighted by molar-refractivity contribution is 7.09. The molecule has 0 radical (unpaired) electrons. The van der Waals surface area contributed by atoms with Crippen molar-refractivity contribution in [3.05, 3.63) is 39.9 Å². The molecule has 1 atom stereocenters. The van der Waals surface area contributed by atoms with Crippen molar-refractivity contribution in [3.63, 3.8) is 0 Å². The molecule has 0 aliphatic carbocycles. The van der Waals surface area contributed by atoms with E-state index in [1.807, 2.05) is 13.8 Å². The van der Waals surface area contributed by atoms with E-state index in [0.29, 0.717) is 0 Å². The molecule has 0 fully saturated rings. The number of aryl methyl sites for hydroxylation is 2. The van der Waals surface area contributed by atoms with Crippen LogP contribution in [0.25, 0.3) is 0 Å². The zero-order valence-corrected chi connectivity index (χ0v) is 11.1. The van der Waals surface area contributed by atoms with Gasteiger partial charge in [-0.2, -0.15) is 0 Å². The fourth-order valence-electron chi connectivity index (χ4n) is 1.69. The summed E-state index contributed by atoms with van der Waals surface area (Å²) in [6, 6.07) is 0.186. The minimum atomic E-state index is 0.186. The zero-order chi connectivity index (χ0) is 12.3. The third-order valence-electron chi connectivity index (χ3n) is 2.59. The van der Waals surface area contributed by atoms with Gasteiger partial charge in [0, 0.05) is 30.4 Å². The van der Waals surface area contributed by atoms with Gasteiger partial charge < -0.3 is 5.32 Å². The molecule has 0 aliphatic rings. The minimum absolute atomic E-state index is 0.186. The number of nitrogens with one attached hydrogen (secondary N) is 1. The summed E-state index contributed by atoms with van der Waals surface area (Å²) in [5.41, 5.74) is 3.06. The second-order valence-corrected chi connectivity index (χ2v) is 5.05. The second-order valence-electron chi connectivity index (χ2n) is 3.99. The Bertz CT molecular complexity index is 495. The molecule has 2 heterocycles. The largest absolute Gasteiger partial charge is 0.303 e. The molecular weight excluding hydrogens is 232 g/mol. The SMILES string of the molecule is Cc1nc(CNC(C)c2nccnc2C)cs1. The van der Waals surface area contributed by atoms with Crippen LogP contribution in [0.1, 0.15) is 35.1 Å². The lowest BCUT2D eigenvalue weighted by atomic mass is 10.2. The monoisotopic (exact) mass is 248 g/mol.